The number of rotatable bonds is 7. The van der Waals surface area contributed by atoms with E-state index in [1.807, 2.05) is 19.1 Å². The maximum atomic E-state index is 12.5. The Morgan fingerprint density at radius 3 is 2.38 bits per heavy atom. The Hall–Kier alpha value is -2.53. The lowest BCUT2D eigenvalue weighted by molar-refractivity contribution is -0.115. The van der Waals surface area contributed by atoms with Crippen molar-refractivity contribution in [1.82, 2.24) is 4.90 Å². The number of anilines is 3. The summed E-state index contributed by atoms with van der Waals surface area (Å²) >= 11 is 0. The molecule has 2 aromatic carbocycles. The highest BCUT2D eigenvalue weighted by Gasteiger charge is 2.14. The molecule has 2 N–H and O–H groups in total. The van der Waals surface area contributed by atoms with E-state index >= 15 is 0 Å². The second-order valence-electron chi connectivity index (χ2n) is 8.26. The molecule has 0 radical (unpaired) electrons. The van der Waals surface area contributed by atoms with Crippen LogP contribution >= 0.6 is 0 Å². The number of para-hydroxylation sites is 1. The van der Waals surface area contributed by atoms with E-state index in [-0.39, 0.29) is 5.91 Å². The van der Waals surface area contributed by atoms with Crippen LogP contribution in [0.25, 0.3) is 0 Å². The molecule has 0 atom stereocenters. The highest BCUT2D eigenvalue weighted by atomic mass is 16.1. The number of aryl methyl sites for hydroxylation is 1. The Morgan fingerprint density at radius 2 is 1.72 bits per heavy atom. The van der Waals surface area contributed by atoms with Gasteiger partial charge < -0.3 is 20.4 Å². The normalized spacial score (nSPS) is 14.9. The van der Waals surface area contributed by atoms with Gasteiger partial charge in [0.25, 0.3) is 0 Å². The van der Waals surface area contributed by atoms with Crippen molar-refractivity contribution in [1.29, 1.82) is 0 Å². The molecule has 1 amide bonds. The van der Waals surface area contributed by atoms with Crippen LogP contribution < -0.4 is 15.5 Å². The summed E-state index contributed by atoms with van der Waals surface area (Å²) in [6.07, 6.45) is 0.437. The lowest BCUT2D eigenvalue weighted by atomic mass is 9.98. The quantitative estimate of drug-likeness (QED) is 0.735. The third kappa shape index (κ3) is 5.73. The Balaban J connectivity index is 1.48. The first kappa shape index (κ1) is 21.2. The van der Waals surface area contributed by atoms with E-state index in [1.54, 1.807) is 0 Å². The van der Waals surface area contributed by atoms with E-state index in [4.69, 9.17) is 0 Å². The maximum absolute atomic E-state index is 12.5. The average molecular weight is 395 g/mol. The zero-order chi connectivity index (χ0) is 20.8. The number of hydrogen-bond acceptors (Lipinski definition) is 4. The Morgan fingerprint density at radius 1 is 1.03 bits per heavy atom. The minimum Gasteiger partial charge on any atom is -0.385 e. The van der Waals surface area contributed by atoms with Gasteiger partial charge in [-0.05, 0) is 55.3 Å². The van der Waals surface area contributed by atoms with E-state index in [0.29, 0.717) is 18.9 Å². The highest BCUT2D eigenvalue weighted by molar-refractivity contribution is 5.92. The van der Waals surface area contributed by atoms with Crippen LogP contribution in [0, 0.1) is 6.92 Å². The van der Waals surface area contributed by atoms with Gasteiger partial charge in [-0.2, -0.15) is 0 Å². The minimum atomic E-state index is 0.0442. The summed E-state index contributed by atoms with van der Waals surface area (Å²) in [4.78, 5) is 17.2. The van der Waals surface area contributed by atoms with Crippen LogP contribution in [0.4, 0.5) is 17.1 Å². The third-order valence-corrected chi connectivity index (χ3v) is 5.61. The van der Waals surface area contributed by atoms with Gasteiger partial charge >= 0.3 is 0 Å². The number of carbonyl (C=O) groups excluding carboxylic acids is 1. The Labute approximate surface area is 175 Å². The number of nitrogens with one attached hydrogen (secondary N) is 2. The van der Waals surface area contributed by atoms with Crippen molar-refractivity contribution in [2.24, 2.45) is 0 Å². The number of carbonyl (C=O) groups is 1. The number of nitrogens with zero attached hydrogens (tertiary/aromatic N) is 2. The van der Waals surface area contributed by atoms with Crippen LogP contribution in [0.5, 0.6) is 0 Å². The minimum absolute atomic E-state index is 0.0442. The molecular formula is C24H34N4O. The van der Waals surface area contributed by atoms with Crippen LogP contribution in [-0.4, -0.2) is 50.6 Å². The lowest BCUT2D eigenvalue weighted by Gasteiger charge is -2.34. The van der Waals surface area contributed by atoms with Gasteiger partial charge in [0.15, 0.2) is 0 Å². The molecule has 3 rings (SSSR count). The van der Waals surface area contributed by atoms with E-state index in [0.717, 1.165) is 43.1 Å². The number of hydrogen-bond donors (Lipinski definition) is 2. The second kappa shape index (κ2) is 9.79. The van der Waals surface area contributed by atoms with Crippen molar-refractivity contribution in [3.05, 3.63) is 53.6 Å². The molecule has 156 valence electrons. The molecule has 0 bridgehead atoms. The van der Waals surface area contributed by atoms with Crippen molar-refractivity contribution in [3.8, 4) is 0 Å². The summed E-state index contributed by atoms with van der Waals surface area (Å²) in [5, 5.41) is 6.48. The first-order valence-electron chi connectivity index (χ1n) is 10.6. The van der Waals surface area contributed by atoms with Gasteiger partial charge in [-0.15, -0.1) is 0 Å². The maximum Gasteiger partial charge on any atom is 0.226 e. The molecule has 1 saturated heterocycles. The molecule has 0 aromatic heterocycles. The molecule has 1 aliphatic heterocycles. The molecule has 1 aliphatic rings. The third-order valence-electron chi connectivity index (χ3n) is 5.61. The molecule has 1 fully saturated rings. The monoisotopic (exact) mass is 394 g/mol. The number of piperazine rings is 1. The van der Waals surface area contributed by atoms with E-state index in [2.05, 4.69) is 71.7 Å². The predicted octanol–water partition coefficient (Wildman–Crippen LogP) is 4.31. The highest BCUT2D eigenvalue weighted by Crippen LogP contribution is 2.27. The zero-order valence-corrected chi connectivity index (χ0v) is 18.2. The van der Waals surface area contributed by atoms with Gasteiger partial charge in [0.05, 0.1) is 0 Å². The largest absolute Gasteiger partial charge is 0.385 e. The van der Waals surface area contributed by atoms with E-state index in [1.165, 1.54) is 11.3 Å². The molecule has 1 heterocycles. The summed E-state index contributed by atoms with van der Waals surface area (Å²) in [7, 11) is 2.17. The van der Waals surface area contributed by atoms with E-state index < -0.39 is 0 Å². The summed E-state index contributed by atoms with van der Waals surface area (Å²) in [5.74, 6) is 0.421. The summed E-state index contributed by atoms with van der Waals surface area (Å²) < 4.78 is 0. The molecule has 29 heavy (non-hydrogen) atoms. The van der Waals surface area contributed by atoms with Crippen LogP contribution in [0.3, 0.4) is 0 Å². The van der Waals surface area contributed by atoms with Gasteiger partial charge in [-0.1, -0.05) is 32.0 Å². The fraction of sp³-hybridized carbons (Fsp3) is 0.458. The van der Waals surface area contributed by atoms with Crippen molar-refractivity contribution in [2.45, 2.75) is 33.1 Å². The standard InChI is InChI=1S/C24H34N4O/c1-18(2)22-7-5-6-19(3)24(22)26-23(29)12-13-25-20-8-10-21(11-9-20)28-16-14-27(4)15-17-28/h5-11,18,25H,12-17H2,1-4H3,(H,26,29). The topological polar surface area (TPSA) is 47.6 Å². The fourth-order valence-electron chi connectivity index (χ4n) is 3.72. The van der Waals surface area contributed by atoms with Crippen molar-refractivity contribution in [2.75, 3.05) is 55.3 Å². The first-order valence-corrected chi connectivity index (χ1v) is 10.6. The van der Waals surface area contributed by atoms with Crippen LogP contribution in [0.2, 0.25) is 0 Å². The van der Waals surface area contributed by atoms with Crippen molar-refractivity contribution < 1.29 is 4.79 Å². The van der Waals surface area contributed by atoms with Crippen LogP contribution in [-0.2, 0) is 4.79 Å². The molecule has 0 aliphatic carbocycles. The van der Waals surface area contributed by atoms with Gasteiger partial charge in [-0.3, -0.25) is 4.79 Å². The summed E-state index contributed by atoms with van der Waals surface area (Å²) in [5.41, 5.74) is 5.57. The average Bonchev–Trinajstić information content (AvgIpc) is 2.70. The van der Waals surface area contributed by atoms with Crippen LogP contribution in [0.15, 0.2) is 42.5 Å². The molecule has 0 spiro atoms. The fourth-order valence-corrected chi connectivity index (χ4v) is 3.72. The van der Waals surface area contributed by atoms with Gasteiger partial charge in [0.2, 0.25) is 5.91 Å². The van der Waals surface area contributed by atoms with Crippen molar-refractivity contribution >= 4 is 23.0 Å². The van der Waals surface area contributed by atoms with Gasteiger partial charge in [0.1, 0.15) is 0 Å². The SMILES string of the molecule is Cc1cccc(C(C)C)c1NC(=O)CCNc1ccc(N2CCN(C)CC2)cc1. The summed E-state index contributed by atoms with van der Waals surface area (Å²) in [6, 6.07) is 14.7. The molecule has 0 unspecified atom stereocenters. The predicted molar refractivity (Wildman–Crippen MR) is 123 cm³/mol. The summed E-state index contributed by atoms with van der Waals surface area (Å²) in [6.45, 7) is 11.3. The Kier molecular flexibility index (Phi) is 7.15. The molecule has 2 aromatic rings. The molecule has 5 nitrogen and oxygen atoms in total. The number of benzene rings is 2. The van der Waals surface area contributed by atoms with Crippen molar-refractivity contribution in [3.63, 3.8) is 0 Å². The van der Waals surface area contributed by atoms with E-state index in [9.17, 15) is 4.79 Å². The zero-order valence-electron chi connectivity index (χ0n) is 18.2. The second-order valence-corrected chi connectivity index (χ2v) is 8.26. The number of likely N-dealkylation sites (N-methyl/N-ethyl adjacent to an activating group) is 1. The van der Waals surface area contributed by atoms with Gasteiger partial charge in [0, 0.05) is 56.2 Å². The Bertz CT molecular complexity index is 808. The van der Waals surface area contributed by atoms with Gasteiger partial charge in [-0.25, -0.2) is 0 Å². The molecule has 5 heteroatoms. The molecule has 0 saturated carbocycles. The molecular weight excluding hydrogens is 360 g/mol. The number of amides is 1. The van der Waals surface area contributed by atoms with Crippen LogP contribution in [0.1, 0.15) is 37.3 Å². The lowest BCUT2D eigenvalue weighted by Crippen LogP contribution is -2.44. The smallest absolute Gasteiger partial charge is 0.226 e. The first-order chi connectivity index (χ1) is 13.9.